The molecule has 0 aliphatic carbocycles. The zero-order chi connectivity index (χ0) is 22.7. The van der Waals surface area contributed by atoms with Crippen molar-refractivity contribution in [1.82, 2.24) is 20.5 Å². The molecule has 0 aliphatic heterocycles. The highest BCUT2D eigenvalue weighted by Crippen LogP contribution is 2.31. The van der Waals surface area contributed by atoms with Gasteiger partial charge in [0.1, 0.15) is 16.5 Å². The van der Waals surface area contributed by atoms with E-state index in [0.29, 0.717) is 10.8 Å². The number of nitrogens with zero attached hydrogens (tertiary/aromatic N) is 1. The van der Waals surface area contributed by atoms with Crippen LogP contribution in [0, 0.1) is 0 Å². The van der Waals surface area contributed by atoms with Crippen molar-refractivity contribution in [3.63, 3.8) is 0 Å². The first-order valence-corrected chi connectivity index (χ1v) is 10.3. The van der Waals surface area contributed by atoms with Crippen molar-refractivity contribution in [2.24, 2.45) is 0 Å². The fourth-order valence-electron chi connectivity index (χ4n) is 3.10. The van der Waals surface area contributed by atoms with E-state index in [4.69, 9.17) is 4.74 Å². The second-order valence-corrected chi connectivity index (χ2v) is 7.46. The molecule has 0 saturated heterocycles. The molecule has 4 N–H and O–H groups in total. The number of fused-ring (bicyclic) bond motifs is 1. The second-order valence-electron chi connectivity index (χ2n) is 6.61. The average Bonchev–Trinajstić information content (AvgIpc) is 3.30. The van der Waals surface area contributed by atoms with E-state index in [1.807, 2.05) is 18.2 Å². The third-order valence-corrected chi connectivity index (χ3v) is 5.46. The van der Waals surface area contributed by atoms with Gasteiger partial charge < -0.3 is 15.4 Å². The van der Waals surface area contributed by atoms with Gasteiger partial charge in [-0.1, -0.05) is 18.2 Å². The van der Waals surface area contributed by atoms with Crippen LogP contribution >= 0.6 is 11.3 Å². The predicted molar refractivity (Wildman–Crippen MR) is 120 cm³/mol. The highest BCUT2D eigenvalue weighted by molar-refractivity contribution is 7.13. The van der Waals surface area contributed by atoms with Crippen LogP contribution in [-0.2, 0) is 4.79 Å². The number of H-pyrrole nitrogens is 2. The van der Waals surface area contributed by atoms with Crippen LogP contribution in [-0.4, -0.2) is 40.7 Å². The number of carbonyl (C=O) groups is 2. The summed E-state index contributed by atoms with van der Waals surface area (Å²) in [5.74, 6) is -0.451. The molecule has 0 fully saturated rings. The zero-order valence-corrected chi connectivity index (χ0v) is 17.5. The van der Waals surface area contributed by atoms with Gasteiger partial charge in [-0.15, -0.1) is 11.3 Å². The first-order chi connectivity index (χ1) is 15.5. The summed E-state index contributed by atoms with van der Waals surface area (Å²) in [5, 5.41) is 11.9. The number of carbonyl (C=O) groups excluding carboxylic acids is 2. The predicted octanol–water partition coefficient (Wildman–Crippen LogP) is 1.72. The summed E-state index contributed by atoms with van der Waals surface area (Å²) < 4.78 is 5.32. The normalized spacial score (nSPS) is 10.7. The van der Waals surface area contributed by atoms with E-state index in [1.165, 1.54) is 23.5 Å². The maximum Gasteiger partial charge on any atom is 0.272 e. The first kappa shape index (κ1) is 21.0. The lowest BCUT2D eigenvalue weighted by atomic mass is 10.1. The molecule has 0 saturated carbocycles. The fourth-order valence-corrected chi connectivity index (χ4v) is 3.93. The van der Waals surface area contributed by atoms with Crippen molar-refractivity contribution < 1.29 is 14.3 Å². The molecule has 0 unspecified atom stereocenters. The average molecular weight is 451 g/mol. The molecule has 4 aromatic rings. The second kappa shape index (κ2) is 8.86. The molecule has 162 valence electrons. The lowest BCUT2D eigenvalue weighted by Crippen LogP contribution is -2.33. The molecule has 2 aromatic carbocycles. The summed E-state index contributed by atoms with van der Waals surface area (Å²) in [6.45, 7) is -0.349. The van der Waals surface area contributed by atoms with Gasteiger partial charge in [0.15, 0.2) is 0 Å². The van der Waals surface area contributed by atoms with E-state index in [9.17, 15) is 19.2 Å². The number of hydrogen-bond acceptors (Lipinski definition) is 7. The van der Waals surface area contributed by atoms with Gasteiger partial charge in [-0.2, -0.15) is 0 Å². The Bertz CT molecular complexity index is 1440. The fraction of sp³-hybridized carbons (Fsp3) is 0.0952. The van der Waals surface area contributed by atoms with Gasteiger partial charge in [0.2, 0.25) is 5.91 Å². The number of anilines is 1. The van der Waals surface area contributed by atoms with Crippen molar-refractivity contribution >= 4 is 39.6 Å². The van der Waals surface area contributed by atoms with E-state index < -0.39 is 22.9 Å². The van der Waals surface area contributed by atoms with Crippen LogP contribution in [0.3, 0.4) is 0 Å². The lowest BCUT2D eigenvalue weighted by molar-refractivity contribution is -0.115. The maximum absolute atomic E-state index is 12.4. The number of para-hydroxylation sites is 1. The van der Waals surface area contributed by atoms with Crippen LogP contribution in [0.2, 0.25) is 0 Å². The number of methoxy groups -OCH3 is 1. The van der Waals surface area contributed by atoms with Crippen molar-refractivity contribution in [3.8, 4) is 16.3 Å². The Morgan fingerprint density at radius 2 is 1.84 bits per heavy atom. The first-order valence-electron chi connectivity index (χ1n) is 9.38. The van der Waals surface area contributed by atoms with Crippen LogP contribution in [0.15, 0.2) is 57.4 Å². The molecule has 11 heteroatoms. The van der Waals surface area contributed by atoms with Gasteiger partial charge in [-0.05, 0) is 24.3 Å². The van der Waals surface area contributed by atoms with E-state index in [2.05, 4.69) is 25.8 Å². The zero-order valence-electron chi connectivity index (χ0n) is 16.7. The van der Waals surface area contributed by atoms with Crippen LogP contribution < -0.4 is 26.5 Å². The number of ether oxygens (including phenoxy) is 1. The molecular formula is C21H17N5O5S. The molecular weight excluding hydrogens is 434 g/mol. The van der Waals surface area contributed by atoms with Gasteiger partial charge >= 0.3 is 0 Å². The van der Waals surface area contributed by atoms with Gasteiger partial charge in [0.05, 0.1) is 35.7 Å². The van der Waals surface area contributed by atoms with E-state index >= 15 is 0 Å². The molecule has 0 aliphatic rings. The van der Waals surface area contributed by atoms with E-state index in [1.54, 1.807) is 24.6 Å². The smallest absolute Gasteiger partial charge is 0.272 e. The van der Waals surface area contributed by atoms with Gasteiger partial charge in [0, 0.05) is 5.38 Å². The third-order valence-electron chi connectivity index (χ3n) is 4.58. The number of aromatic nitrogens is 3. The van der Waals surface area contributed by atoms with Crippen molar-refractivity contribution in [2.75, 3.05) is 19.0 Å². The Morgan fingerprint density at radius 3 is 2.66 bits per heavy atom. The number of rotatable bonds is 6. The Morgan fingerprint density at radius 1 is 1.06 bits per heavy atom. The van der Waals surface area contributed by atoms with Gasteiger partial charge in [-0.25, -0.2) is 4.98 Å². The molecule has 2 heterocycles. The Labute approximate surface area is 184 Å². The number of aromatic amines is 2. The summed E-state index contributed by atoms with van der Waals surface area (Å²) >= 11 is 1.28. The standard InChI is InChI=1S/C21H17N5O5S/c1-31-15-8-3-2-5-11(15)21-24-14(10-32-21)19(29)22-9-16(27)23-13-7-4-6-12-17(13)20(30)26-25-18(12)28/h2-8,10H,9H2,1H3,(H,22,29)(H,23,27)(H,25,28)(H,26,30). The Hall–Kier alpha value is -4.25. The van der Waals surface area contributed by atoms with Gasteiger partial charge in [-0.3, -0.25) is 29.4 Å². The number of nitrogens with one attached hydrogen (secondary N) is 4. The minimum absolute atomic E-state index is 0.0527. The highest BCUT2D eigenvalue weighted by Gasteiger charge is 2.16. The third kappa shape index (κ3) is 4.14. The number of benzene rings is 2. The number of amides is 2. The molecule has 0 radical (unpaired) electrons. The Balaban J connectivity index is 1.45. The topological polar surface area (TPSA) is 146 Å². The quantitative estimate of drug-likeness (QED) is 0.351. The molecule has 10 nitrogen and oxygen atoms in total. The maximum atomic E-state index is 12.4. The summed E-state index contributed by atoms with van der Waals surface area (Å²) in [6.07, 6.45) is 0. The van der Waals surface area contributed by atoms with Crippen LogP contribution in [0.4, 0.5) is 5.69 Å². The molecule has 0 bridgehead atoms. The minimum atomic E-state index is -0.564. The van der Waals surface area contributed by atoms with E-state index in [0.717, 1.165) is 5.56 Å². The SMILES string of the molecule is COc1ccccc1-c1nc(C(=O)NCC(=O)Nc2cccc3c(=O)[nH][nH]c(=O)c23)cs1. The molecule has 0 atom stereocenters. The molecule has 0 spiro atoms. The minimum Gasteiger partial charge on any atom is -0.496 e. The van der Waals surface area contributed by atoms with Crippen molar-refractivity contribution in [1.29, 1.82) is 0 Å². The molecule has 32 heavy (non-hydrogen) atoms. The largest absolute Gasteiger partial charge is 0.496 e. The summed E-state index contributed by atoms with van der Waals surface area (Å²) in [6, 6.07) is 11.8. The van der Waals surface area contributed by atoms with Crippen molar-refractivity contribution in [3.05, 3.63) is 74.2 Å². The number of hydrogen-bond donors (Lipinski definition) is 4. The van der Waals surface area contributed by atoms with Crippen LogP contribution in [0.5, 0.6) is 5.75 Å². The monoisotopic (exact) mass is 451 g/mol. The molecule has 2 amide bonds. The highest BCUT2D eigenvalue weighted by atomic mass is 32.1. The Kier molecular flexibility index (Phi) is 5.81. The molecule has 4 rings (SSSR count). The van der Waals surface area contributed by atoms with E-state index in [-0.39, 0.29) is 28.7 Å². The summed E-state index contributed by atoms with van der Waals surface area (Å²) in [4.78, 5) is 53.1. The van der Waals surface area contributed by atoms with Crippen LogP contribution in [0.1, 0.15) is 10.5 Å². The van der Waals surface area contributed by atoms with Crippen molar-refractivity contribution in [2.45, 2.75) is 0 Å². The summed E-state index contributed by atoms with van der Waals surface area (Å²) in [7, 11) is 1.55. The van der Waals surface area contributed by atoms with Gasteiger partial charge in [0.25, 0.3) is 17.0 Å². The summed E-state index contributed by atoms with van der Waals surface area (Å²) in [5.41, 5.74) is 0.0512. The van der Waals surface area contributed by atoms with Crippen LogP contribution in [0.25, 0.3) is 21.3 Å². The lowest BCUT2D eigenvalue weighted by Gasteiger charge is -2.08. The molecule has 2 aromatic heterocycles. The number of thiazole rings is 1.